The van der Waals surface area contributed by atoms with Gasteiger partial charge in [-0.2, -0.15) is 5.10 Å². The van der Waals surface area contributed by atoms with E-state index in [0.29, 0.717) is 23.6 Å². The molecule has 8 nitrogen and oxygen atoms in total. The molecule has 1 aromatic carbocycles. The number of aromatic nitrogens is 3. The zero-order valence-electron chi connectivity index (χ0n) is 18.8. The van der Waals surface area contributed by atoms with Crippen LogP contribution in [0.15, 0.2) is 30.6 Å². The summed E-state index contributed by atoms with van der Waals surface area (Å²) in [5.74, 6) is -0.758. The van der Waals surface area contributed by atoms with E-state index in [1.165, 1.54) is 24.4 Å². The minimum Gasteiger partial charge on any atom is -0.487 e. The minimum atomic E-state index is -0.853. The number of rotatable bonds is 5. The summed E-state index contributed by atoms with van der Waals surface area (Å²) in [6.07, 6.45) is 3.84. The largest absolute Gasteiger partial charge is 0.487 e. The van der Waals surface area contributed by atoms with Crippen molar-refractivity contribution < 1.29 is 23.4 Å². The summed E-state index contributed by atoms with van der Waals surface area (Å²) in [4.78, 5) is 21.4. The van der Waals surface area contributed by atoms with Crippen LogP contribution in [0.1, 0.15) is 40.9 Å². The van der Waals surface area contributed by atoms with Gasteiger partial charge in [-0.15, -0.1) is 0 Å². The Kier molecular flexibility index (Phi) is 5.62. The third kappa shape index (κ3) is 3.84. The summed E-state index contributed by atoms with van der Waals surface area (Å²) in [5.41, 5.74) is 2.42. The molecule has 3 aliphatic rings. The lowest BCUT2D eigenvalue weighted by Crippen LogP contribution is -2.56. The molecule has 2 bridgehead atoms. The number of hydrogen-bond donors (Lipinski definition) is 1. The van der Waals surface area contributed by atoms with Crippen LogP contribution in [-0.4, -0.2) is 72.9 Å². The van der Waals surface area contributed by atoms with Gasteiger partial charge < -0.3 is 14.7 Å². The smallest absolute Gasteiger partial charge is 0.258 e. The molecule has 1 unspecified atom stereocenters. The minimum absolute atomic E-state index is 0.0982. The number of carbonyl (C=O) groups is 1. The molecule has 3 aliphatic heterocycles. The van der Waals surface area contributed by atoms with Crippen LogP contribution in [0.3, 0.4) is 0 Å². The van der Waals surface area contributed by atoms with Gasteiger partial charge in [0.2, 0.25) is 0 Å². The van der Waals surface area contributed by atoms with Crippen LogP contribution in [0.5, 0.6) is 5.75 Å². The van der Waals surface area contributed by atoms with Crippen molar-refractivity contribution in [3.63, 3.8) is 0 Å². The van der Waals surface area contributed by atoms with Gasteiger partial charge in [0.15, 0.2) is 5.65 Å². The lowest BCUT2D eigenvalue weighted by molar-refractivity contribution is -0.0654. The van der Waals surface area contributed by atoms with Gasteiger partial charge in [0, 0.05) is 42.9 Å². The maximum atomic E-state index is 14.2. The third-order valence-electron chi connectivity index (χ3n) is 7.36. The summed E-state index contributed by atoms with van der Waals surface area (Å²) < 4.78 is 34.9. The van der Waals surface area contributed by atoms with Crippen LogP contribution in [0.2, 0.25) is 5.02 Å². The van der Waals surface area contributed by atoms with Crippen molar-refractivity contribution in [1.29, 1.82) is 0 Å². The van der Waals surface area contributed by atoms with Gasteiger partial charge in [-0.1, -0.05) is 11.6 Å². The topological polar surface area (TPSA) is 83.2 Å². The predicted octanol–water partition coefficient (Wildman–Crippen LogP) is 2.99. The molecule has 184 valence electrons. The summed E-state index contributed by atoms with van der Waals surface area (Å²) in [6.45, 7) is 0.389. The summed E-state index contributed by atoms with van der Waals surface area (Å²) in [7, 11) is 0. The quantitative estimate of drug-likeness (QED) is 0.576. The number of fused-ring (bicyclic) bond motifs is 5. The molecule has 5 heterocycles. The second-order valence-corrected chi connectivity index (χ2v) is 9.81. The molecule has 11 heteroatoms. The number of aliphatic hydroxyl groups is 1. The molecular weight excluding hydrogens is 480 g/mol. The van der Waals surface area contributed by atoms with E-state index in [4.69, 9.17) is 16.3 Å². The molecule has 3 aromatic rings. The molecule has 2 fully saturated rings. The van der Waals surface area contributed by atoms with Crippen molar-refractivity contribution >= 4 is 23.2 Å². The molecule has 4 atom stereocenters. The van der Waals surface area contributed by atoms with Crippen LogP contribution >= 0.6 is 11.6 Å². The van der Waals surface area contributed by atoms with E-state index in [-0.39, 0.29) is 42.4 Å². The van der Waals surface area contributed by atoms with Gasteiger partial charge in [-0.05, 0) is 25.0 Å². The lowest BCUT2D eigenvalue weighted by atomic mass is 9.96. The molecule has 6 rings (SSSR count). The van der Waals surface area contributed by atoms with Crippen LogP contribution in [0.4, 0.5) is 8.78 Å². The van der Waals surface area contributed by atoms with Gasteiger partial charge in [0.05, 0.1) is 35.6 Å². The van der Waals surface area contributed by atoms with Gasteiger partial charge >= 0.3 is 0 Å². The molecule has 0 saturated carbocycles. The maximum absolute atomic E-state index is 14.2. The fourth-order valence-corrected chi connectivity index (χ4v) is 5.92. The number of ether oxygens (including phenoxy) is 1. The highest BCUT2D eigenvalue weighted by molar-refractivity contribution is 6.30. The molecule has 1 amide bonds. The van der Waals surface area contributed by atoms with Crippen LogP contribution in [0, 0.1) is 5.82 Å². The summed E-state index contributed by atoms with van der Waals surface area (Å²) in [6, 6.07) is 3.72. The first-order chi connectivity index (χ1) is 16.9. The van der Waals surface area contributed by atoms with Crippen LogP contribution in [0.25, 0.3) is 5.65 Å². The lowest BCUT2D eigenvalue weighted by Gasteiger charge is -2.42. The normalized spacial score (nSPS) is 25.9. The van der Waals surface area contributed by atoms with E-state index >= 15 is 0 Å². The number of amides is 1. The SMILES string of the molecule is O=C(c1ccc(F)cc1O[C@@H]1C[C@@H]2CC[C@H](C1O)N2CCF)N1Cc2nn3cc(Cl)cnc3c2C1. The number of benzene rings is 1. The van der Waals surface area contributed by atoms with E-state index < -0.39 is 24.7 Å². The highest BCUT2D eigenvalue weighted by Crippen LogP contribution is 2.38. The number of alkyl halides is 1. The molecule has 0 radical (unpaired) electrons. The van der Waals surface area contributed by atoms with Gasteiger partial charge in [-0.3, -0.25) is 9.69 Å². The van der Waals surface area contributed by atoms with E-state index in [9.17, 15) is 18.7 Å². The fraction of sp³-hybridized carbons (Fsp3) is 0.458. The average molecular weight is 504 g/mol. The standard InChI is InChI=1S/C24H24ClF2N5O3/c25-13-9-28-23-17-11-30(12-18(17)29-32(23)10-13)24(34)16-3-1-14(27)7-20(16)35-21-8-15-2-4-19(22(21)33)31(15)6-5-26/h1,3,7,9-10,15,19,21-22,33H,2,4-6,8,11-12H2/t15-,19+,21+,22?/m0/s1. The van der Waals surface area contributed by atoms with Gasteiger partial charge in [0.1, 0.15) is 30.4 Å². The van der Waals surface area contributed by atoms with Crippen molar-refractivity contribution in [2.45, 2.75) is 56.6 Å². The van der Waals surface area contributed by atoms with Gasteiger partial charge in [-0.25, -0.2) is 18.3 Å². The Morgan fingerprint density at radius 3 is 2.97 bits per heavy atom. The molecule has 2 saturated heterocycles. The second kappa shape index (κ2) is 8.69. The zero-order valence-corrected chi connectivity index (χ0v) is 19.5. The number of hydrogen-bond acceptors (Lipinski definition) is 6. The van der Waals surface area contributed by atoms with Crippen molar-refractivity contribution in [2.75, 3.05) is 13.2 Å². The Morgan fingerprint density at radius 1 is 1.29 bits per heavy atom. The Bertz CT molecular complexity index is 1300. The Hall–Kier alpha value is -2.82. The number of carbonyl (C=O) groups excluding carboxylic acids is 1. The van der Waals surface area contributed by atoms with Crippen molar-refractivity contribution in [2.24, 2.45) is 0 Å². The first kappa shape index (κ1) is 22.6. The van der Waals surface area contributed by atoms with Crippen LogP contribution in [-0.2, 0) is 13.1 Å². The highest BCUT2D eigenvalue weighted by atomic mass is 35.5. The number of aliphatic hydroxyl groups excluding tert-OH is 1. The highest BCUT2D eigenvalue weighted by Gasteiger charge is 2.47. The molecular formula is C24H24ClF2N5O3. The molecule has 1 N–H and O–H groups in total. The Balaban J connectivity index is 1.23. The Morgan fingerprint density at radius 2 is 2.14 bits per heavy atom. The molecule has 35 heavy (non-hydrogen) atoms. The maximum Gasteiger partial charge on any atom is 0.258 e. The van der Waals surface area contributed by atoms with E-state index in [1.807, 2.05) is 4.90 Å². The van der Waals surface area contributed by atoms with E-state index in [2.05, 4.69) is 10.1 Å². The molecule has 2 aromatic heterocycles. The predicted molar refractivity (Wildman–Crippen MR) is 123 cm³/mol. The fourth-order valence-electron chi connectivity index (χ4n) is 5.77. The zero-order chi connectivity index (χ0) is 24.3. The van der Waals surface area contributed by atoms with Crippen molar-refractivity contribution in [3.8, 4) is 5.75 Å². The summed E-state index contributed by atoms with van der Waals surface area (Å²) >= 11 is 6.00. The van der Waals surface area contributed by atoms with Crippen LogP contribution < -0.4 is 4.74 Å². The average Bonchev–Trinajstić information content (AvgIpc) is 3.48. The van der Waals surface area contributed by atoms with E-state index in [1.54, 1.807) is 15.6 Å². The van der Waals surface area contributed by atoms with Gasteiger partial charge in [0.25, 0.3) is 5.91 Å². The molecule has 0 aliphatic carbocycles. The third-order valence-corrected chi connectivity index (χ3v) is 7.56. The van der Waals surface area contributed by atoms with Crippen molar-refractivity contribution in [3.05, 3.63) is 58.3 Å². The second-order valence-electron chi connectivity index (χ2n) is 9.38. The first-order valence-electron chi connectivity index (χ1n) is 11.7. The number of piperidine rings is 1. The van der Waals surface area contributed by atoms with E-state index in [0.717, 1.165) is 24.1 Å². The monoisotopic (exact) mass is 503 g/mol. The molecule has 0 spiro atoms. The first-order valence-corrected chi connectivity index (χ1v) is 12.1. The number of halogens is 3. The number of nitrogens with zero attached hydrogens (tertiary/aromatic N) is 5. The Labute approximate surface area is 205 Å². The van der Waals surface area contributed by atoms with Crippen molar-refractivity contribution in [1.82, 2.24) is 24.4 Å². The summed E-state index contributed by atoms with van der Waals surface area (Å²) in [5, 5.41) is 15.9.